The third-order valence-electron chi connectivity index (χ3n) is 8.82. The highest BCUT2D eigenvalue weighted by molar-refractivity contribution is 6.34. The Balaban J connectivity index is 1.89. The van der Waals surface area contributed by atoms with Gasteiger partial charge in [0.1, 0.15) is 11.8 Å². The summed E-state index contributed by atoms with van der Waals surface area (Å²) in [5.41, 5.74) is -5.48. The second kappa shape index (κ2) is 6.80. The van der Waals surface area contributed by atoms with Crippen molar-refractivity contribution in [3.63, 3.8) is 0 Å². The van der Waals surface area contributed by atoms with E-state index in [9.17, 15) is 27.9 Å². The van der Waals surface area contributed by atoms with E-state index in [4.69, 9.17) is 23.2 Å². The molecule has 0 bridgehead atoms. The van der Waals surface area contributed by atoms with Gasteiger partial charge < -0.3 is 5.11 Å². The highest BCUT2D eigenvalue weighted by atomic mass is 35.5. The first-order valence-electron chi connectivity index (χ1n) is 10.3. The molecule has 3 nitrogen and oxygen atoms in total. The third kappa shape index (κ3) is 2.52. The van der Waals surface area contributed by atoms with E-state index in [1.54, 1.807) is 0 Å². The molecule has 0 heterocycles. The van der Waals surface area contributed by atoms with Gasteiger partial charge >= 0.3 is 0 Å². The number of hydrogen-bond donors (Lipinski definition) is 1. The topological polar surface area (TPSA) is 54.4 Å². The van der Waals surface area contributed by atoms with E-state index in [0.29, 0.717) is 0 Å². The molecular formula is C22H24Cl2F4O3. The number of halogens is 6. The van der Waals surface area contributed by atoms with Gasteiger partial charge in [-0.3, -0.25) is 9.59 Å². The van der Waals surface area contributed by atoms with Crippen LogP contribution in [0.3, 0.4) is 0 Å². The molecule has 9 heteroatoms. The summed E-state index contributed by atoms with van der Waals surface area (Å²) in [5, 5.41) is 10.3. The molecule has 4 aliphatic carbocycles. The molecule has 4 rings (SSSR count). The Bertz CT molecular complexity index is 922. The van der Waals surface area contributed by atoms with Gasteiger partial charge in [0.15, 0.2) is 5.83 Å². The molecule has 0 aromatic heterocycles. The first-order chi connectivity index (χ1) is 14.2. The van der Waals surface area contributed by atoms with Gasteiger partial charge in [0.05, 0.1) is 10.3 Å². The molecule has 0 aromatic carbocycles. The normalized spacial score (nSPS) is 51.6. The van der Waals surface area contributed by atoms with Gasteiger partial charge in [0.25, 0.3) is 6.43 Å². The van der Waals surface area contributed by atoms with Gasteiger partial charge in [0, 0.05) is 16.4 Å². The van der Waals surface area contributed by atoms with Crippen molar-refractivity contribution in [2.24, 2.45) is 28.6 Å². The summed E-state index contributed by atoms with van der Waals surface area (Å²) in [7, 11) is 0. The van der Waals surface area contributed by atoms with E-state index in [0.717, 1.165) is 6.08 Å². The lowest BCUT2D eigenvalue weighted by Crippen LogP contribution is -2.69. The molecule has 4 aliphatic rings. The number of ketones is 2. The monoisotopic (exact) mass is 482 g/mol. The first kappa shape index (κ1) is 23.2. The van der Waals surface area contributed by atoms with Crippen molar-refractivity contribution in [3.8, 4) is 0 Å². The van der Waals surface area contributed by atoms with Gasteiger partial charge in [-0.15, -0.1) is 23.2 Å². The molecule has 31 heavy (non-hydrogen) atoms. The van der Waals surface area contributed by atoms with Crippen molar-refractivity contribution in [2.45, 2.75) is 68.5 Å². The number of carbonyl (C=O) groups is 2. The zero-order valence-electron chi connectivity index (χ0n) is 17.3. The number of carbonyl (C=O) groups excluding carboxylic acids is 2. The molecule has 0 unspecified atom stereocenters. The molecular weight excluding hydrogens is 459 g/mol. The Kier molecular flexibility index (Phi) is 5.10. The van der Waals surface area contributed by atoms with E-state index in [1.165, 1.54) is 26.8 Å². The van der Waals surface area contributed by atoms with Gasteiger partial charge in [-0.1, -0.05) is 26.8 Å². The fraction of sp³-hybridized carbons (Fsp3) is 0.727. The number of fused-ring (bicyclic) bond motifs is 5. The van der Waals surface area contributed by atoms with Gasteiger partial charge in [0.2, 0.25) is 11.6 Å². The molecule has 1 N–H and O–H groups in total. The minimum Gasteiger partial charge on any atom is -0.381 e. The van der Waals surface area contributed by atoms with E-state index in [1.807, 2.05) is 0 Å². The second-order valence-corrected chi connectivity index (χ2v) is 11.1. The van der Waals surface area contributed by atoms with Crippen molar-refractivity contribution >= 4 is 34.8 Å². The number of allylic oxidation sites excluding steroid dienone is 4. The van der Waals surface area contributed by atoms with E-state index in [-0.39, 0.29) is 24.8 Å². The molecule has 172 valence electrons. The maximum atomic E-state index is 15.4. The van der Waals surface area contributed by atoms with E-state index >= 15 is 4.39 Å². The first-order valence-corrected chi connectivity index (χ1v) is 11.1. The summed E-state index contributed by atoms with van der Waals surface area (Å²) < 4.78 is 57.0. The molecule has 0 aromatic rings. The summed E-state index contributed by atoms with van der Waals surface area (Å²) in [4.78, 5) is 22.9. The van der Waals surface area contributed by atoms with Crippen LogP contribution in [0.5, 0.6) is 0 Å². The summed E-state index contributed by atoms with van der Waals surface area (Å²) in [6.07, 6.45) is -3.01. The van der Waals surface area contributed by atoms with Crippen LogP contribution in [0.2, 0.25) is 0 Å². The molecule has 0 radical (unpaired) electrons. The summed E-state index contributed by atoms with van der Waals surface area (Å²) in [5.74, 6) is -5.86. The maximum Gasteiger partial charge on any atom is 0.298 e. The SMILES string of the molecule is C[C@@H]1C[C@H]2[C@@H]3C[C@H](F)C4=C(F)C(=O)C=C[C@]4(C)[C@@]3(Cl)[C@@H](Cl)C[C@]2(C)[C@@]1(O)C(=O)C(F)F. The van der Waals surface area contributed by atoms with Gasteiger partial charge in [-0.2, -0.15) is 0 Å². The summed E-state index contributed by atoms with van der Waals surface area (Å²) in [6.45, 7) is 4.59. The number of rotatable bonds is 2. The molecule has 0 amide bonds. The predicted molar refractivity (Wildman–Crippen MR) is 108 cm³/mol. The number of hydrogen-bond acceptors (Lipinski definition) is 3. The Morgan fingerprint density at radius 1 is 1.26 bits per heavy atom. The lowest BCUT2D eigenvalue weighted by Gasteiger charge is -2.64. The van der Waals surface area contributed by atoms with Crippen LogP contribution in [0, 0.1) is 28.6 Å². The standard InChI is InChI=1S/C22H24Cl2F4O3/c1-9-6-10-11-7-12(25)15-16(26)13(29)4-5-19(15,2)21(11,24)14(23)8-20(10,3)22(9,31)17(30)18(27)28/h4-5,9-12,14,18,31H,6-8H2,1-3H3/t9-,10+,11+,12+,14+,19+,20+,21+,22+/m1/s1. The molecule has 9 atom stereocenters. The molecule has 3 saturated carbocycles. The summed E-state index contributed by atoms with van der Waals surface area (Å²) >= 11 is 13.9. The molecule has 3 fully saturated rings. The van der Waals surface area contributed by atoms with Crippen LogP contribution in [0.4, 0.5) is 17.6 Å². The fourth-order valence-corrected chi connectivity index (χ4v) is 8.45. The van der Waals surface area contributed by atoms with Crippen LogP contribution < -0.4 is 0 Å². The van der Waals surface area contributed by atoms with Crippen LogP contribution in [0.25, 0.3) is 0 Å². The molecule has 0 aliphatic heterocycles. The number of alkyl halides is 5. The van der Waals surface area contributed by atoms with Crippen LogP contribution in [0.1, 0.15) is 40.0 Å². The van der Waals surface area contributed by atoms with Crippen molar-refractivity contribution in [3.05, 3.63) is 23.6 Å². The van der Waals surface area contributed by atoms with Crippen molar-refractivity contribution in [2.75, 3.05) is 0 Å². The summed E-state index contributed by atoms with van der Waals surface area (Å²) in [6, 6.07) is 0. The lowest BCUT2D eigenvalue weighted by molar-refractivity contribution is -0.176. The van der Waals surface area contributed by atoms with Crippen LogP contribution in [-0.2, 0) is 9.59 Å². The lowest BCUT2D eigenvalue weighted by atomic mass is 9.46. The Morgan fingerprint density at radius 2 is 1.87 bits per heavy atom. The highest BCUT2D eigenvalue weighted by Crippen LogP contribution is 2.73. The zero-order chi connectivity index (χ0) is 23.3. The van der Waals surface area contributed by atoms with Crippen molar-refractivity contribution in [1.82, 2.24) is 0 Å². The van der Waals surface area contributed by atoms with Crippen molar-refractivity contribution in [1.29, 1.82) is 0 Å². The average molecular weight is 483 g/mol. The third-order valence-corrected chi connectivity index (χ3v) is 10.4. The van der Waals surface area contributed by atoms with Crippen LogP contribution in [0.15, 0.2) is 23.6 Å². The second-order valence-electron chi connectivity index (χ2n) is 9.97. The number of aliphatic hydroxyl groups is 1. The predicted octanol–water partition coefficient (Wildman–Crippen LogP) is 4.93. The Morgan fingerprint density at radius 3 is 2.45 bits per heavy atom. The molecule has 0 saturated heterocycles. The van der Waals surface area contributed by atoms with Gasteiger partial charge in [-0.25, -0.2) is 17.6 Å². The molecule has 0 spiro atoms. The van der Waals surface area contributed by atoms with E-state index in [2.05, 4.69) is 0 Å². The van der Waals surface area contributed by atoms with Gasteiger partial charge in [-0.05, 0) is 43.1 Å². The Labute approximate surface area is 187 Å². The van der Waals surface area contributed by atoms with Crippen molar-refractivity contribution < 1.29 is 32.3 Å². The zero-order valence-corrected chi connectivity index (χ0v) is 18.8. The maximum absolute atomic E-state index is 15.4. The van der Waals surface area contributed by atoms with E-state index < -0.39 is 74.4 Å². The number of Topliss-reactive ketones (excluding diaryl/α,β-unsaturated/α-hetero) is 1. The highest BCUT2D eigenvalue weighted by Gasteiger charge is 2.76. The average Bonchev–Trinajstić information content (AvgIpc) is 2.88. The smallest absolute Gasteiger partial charge is 0.298 e. The fourth-order valence-electron chi connectivity index (χ4n) is 7.26. The largest absolute Gasteiger partial charge is 0.381 e. The Hall–Kier alpha value is -0.920. The quantitative estimate of drug-likeness (QED) is 0.448. The minimum absolute atomic E-state index is 0.0955. The van der Waals surface area contributed by atoms with Crippen LogP contribution >= 0.6 is 23.2 Å². The minimum atomic E-state index is -3.37. The van der Waals surface area contributed by atoms with Crippen LogP contribution in [-0.4, -0.2) is 45.1 Å².